The molecule has 9 heteroatoms. The molecular formula is C18H23NO7S. The van der Waals surface area contributed by atoms with Crippen molar-refractivity contribution in [2.24, 2.45) is 0 Å². The molecule has 1 unspecified atom stereocenters. The highest BCUT2D eigenvalue weighted by molar-refractivity contribution is 7.91. The zero-order valence-corrected chi connectivity index (χ0v) is 16.3. The molecule has 27 heavy (non-hydrogen) atoms. The van der Waals surface area contributed by atoms with E-state index in [2.05, 4.69) is 4.74 Å². The Morgan fingerprint density at radius 3 is 2.59 bits per heavy atom. The lowest BCUT2D eigenvalue weighted by molar-refractivity contribution is -0.135. The maximum absolute atomic E-state index is 12.3. The Kier molecular flexibility index (Phi) is 6.84. The Labute approximate surface area is 158 Å². The topological polar surface area (TPSA) is 99.2 Å². The van der Waals surface area contributed by atoms with Crippen LogP contribution in [0.1, 0.15) is 12.0 Å². The van der Waals surface area contributed by atoms with Gasteiger partial charge in [0.15, 0.2) is 27.9 Å². The number of rotatable bonds is 7. The molecule has 0 radical (unpaired) electrons. The van der Waals surface area contributed by atoms with Gasteiger partial charge in [0, 0.05) is 19.2 Å². The molecule has 0 N–H and O–H groups in total. The minimum absolute atomic E-state index is 0.0141. The van der Waals surface area contributed by atoms with Crippen LogP contribution in [0.3, 0.4) is 0 Å². The maximum atomic E-state index is 12.3. The van der Waals surface area contributed by atoms with Crippen molar-refractivity contribution in [1.82, 2.24) is 4.90 Å². The summed E-state index contributed by atoms with van der Waals surface area (Å²) < 4.78 is 38.5. The van der Waals surface area contributed by atoms with Gasteiger partial charge in [-0.2, -0.15) is 0 Å². The third-order valence-corrected chi connectivity index (χ3v) is 6.05. The minimum atomic E-state index is -3.06. The summed E-state index contributed by atoms with van der Waals surface area (Å²) in [5, 5.41) is 0. The normalized spacial score (nSPS) is 18.3. The van der Waals surface area contributed by atoms with Gasteiger partial charge in [-0.1, -0.05) is 6.07 Å². The first-order valence-electron chi connectivity index (χ1n) is 8.28. The predicted molar refractivity (Wildman–Crippen MR) is 99.4 cm³/mol. The monoisotopic (exact) mass is 397 g/mol. The van der Waals surface area contributed by atoms with Gasteiger partial charge in [-0.05, 0) is 30.2 Å². The molecule has 0 aromatic heterocycles. The van der Waals surface area contributed by atoms with E-state index in [1.54, 1.807) is 31.3 Å². The number of likely N-dealkylation sites (N-methyl/N-ethyl adjacent to an activating group) is 1. The van der Waals surface area contributed by atoms with E-state index in [0.29, 0.717) is 23.5 Å². The molecule has 0 saturated carbocycles. The van der Waals surface area contributed by atoms with Gasteiger partial charge in [-0.3, -0.25) is 4.79 Å². The summed E-state index contributed by atoms with van der Waals surface area (Å²) in [6, 6.07) is 4.67. The molecule has 1 saturated heterocycles. The molecule has 1 amide bonds. The van der Waals surface area contributed by atoms with Crippen LogP contribution in [0.15, 0.2) is 24.3 Å². The van der Waals surface area contributed by atoms with Crippen LogP contribution < -0.4 is 9.47 Å². The first-order chi connectivity index (χ1) is 12.8. The third kappa shape index (κ3) is 5.72. The van der Waals surface area contributed by atoms with Crippen LogP contribution in [0.25, 0.3) is 6.08 Å². The van der Waals surface area contributed by atoms with Crippen LogP contribution in [0.5, 0.6) is 11.5 Å². The molecule has 8 nitrogen and oxygen atoms in total. The lowest BCUT2D eigenvalue weighted by Gasteiger charge is -2.23. The Morgan fingerprint density at radius 1 is 1.26 bits per heavy atom. The molecular weight excluding hydrogens is 374 g/mol. The van der Waals surface area contributed by atoms with Gasteiger partial charge in [0.05, 0.1) is 25.7 Å². The first-order valence-corrected chi connectivity index (χ1v) is 10.1. The van der Waals surface area contributed by atoms with E-state index in [9.17, 15) is 18.0 Å². The molecule has 1 aliphatic rings. The van der Waals surface area contributed by atoms with Crippen molar-refractivity contribution in [2.45, 2.75) is 12.5 Å². The third-order valence-electron chi connectivity index (χ3n) is 4.30. The van der Waals surface area contributed by atoms with Crippen LogP contribution in [-0.4, -0.2) is 70.6 Å². The molecule has 0 bridgehead atoms. The summed E-state index contributed by atoms with van der Waals surface area (Å²) >= 11 is 0. The van der Waals surface area contributed by atoms with Crippen LogP contribution in [0.4, 0.5) is 0 Å². The Hall–Kier alpha value is -2.55. The molecule has 1 fully saturated rings. The van der Waals surface area contributed by atoms with Crippen molar-refractivity contribution in [3.63, 3.8) is 0 Å². The van der Waals surface area contributed by atoms with Gasteiger partial charge < -0.3 is 19.1 Å². The lowest BCUT2D eigenvalue weighted by Crippen LogP contribution is -2.40. The van der Waals surface area contributed by atoms with Crippen LogP contribution in [0.2, 0.25) is 0 Å². The molecule has 0 spiro atoms. The zero-order chi connectivity index (χ0) is 20.0. The molecule has 1 heterocycles. The van der Waals surface area contributed by atoms with Gasteiger partial charge >= 0.3 is 5.97 Å². The maximum Gasteiger partial charge on any atom is 0.330 e. The van der Waals surface area contributed by atoms with E-state index in [4.69, 9.17) is 9.47 Å². The van der Waals surface area contributed by atoms with Crippen LogP contribution in [-0.2, 0) is 24.2 Å². The number of hydrogen-bond donors (Lipinski definition) is 0. The van der Waals surface area contributed by atoms with Crippen molar-refractivity contribution in [2.75, 3.05) is 39.4 Å². The summed E-state index contributed by atoms with van der Waals surface area (Å²) in [5.41, 5.74) is 0.698. The van der Waals surface area contributed by atoms with Gasteiger partial charge in [0.2, 0.25) is 0 Å². The van der Waals surface area contributed by atoms with Gasteiger partial charge in [0.1, 0.15) is 0 Å². The number of nitrogens with zero attached hydrogens (tertiary/aromatic N) is 1. The molecule has 1 aromatic carbocycles. The zero-order valence-electron chi connectivity index (χ0n) is 15.5. The standard InChI is InChI=1S/C18H23NO7S/c1-19(14-8-9-27(22,23)12-14)17(20)11-26-15-6-4-13(10-16(15)24-2)5-7-18(21)25-3/h4-7,10,14H,8-9,11-12H2,1-3H3. The predicted octanol–water partition coefficient (Wildman–Crippen LogP) is 0.906. The van der Waals surface area contributed by atoms with Crippen molar-refractivity contribution in [3.05, 3.63) is 29.8 Å². The number of esters is 1. The number of benzene rings is 1. The fourth-order valence-electron chi connectivity index (χ4n) is 2.67. The number of carbonyl (C=O) groups is 2. The van der Waals surface area contributed by atoms with E-state index in [1.165, 1.54) is 25.2 Å². The van der Waals surface area contributed by atoms with E-state index < -0.39 is 15.8 Å². The van der Waals surface area contributed by atoms with Crippen molar-refractivity contribution >= 4 is 27.8 Å². The molecule has 1 aliphatic heterocycles. The molecule has 1 aromatic rings. The van der Waals surface area contributed by atoms with Crippen LogP contribution >= 0.6 is 0 Å². The molecule has 0 aliphatic carbocycles. The summed E-state index contributed by atoms with van der Waals surface area (Å²) in [5.74, 6) is 0.0738. The number of hydrogen-bond acceptors (Lipinski definition) is 7. The average molecular weight is 397 g/mol. The number of amides is 1. The lowest BCUT2D eigenvalue weighted by atomic mass is 10.2. The van der Waals surface area contributed by atoms with Gasteiger partial charge in [-0.25, -0.2) is 13.2 Å². The van der Waals surface area contributed by atoms with Gasteiger partial charge in [-0.15, -0.1) is 0 Å². The van der Waals surface area contributed by atoms with Crippen molar-refractivity contribution in [3.8, 4) is 11.5 Å². The quantitative estimate of drug-likeness (QED) is 0.498. The molecule has 2 rings (SSSR count). The smallest absolute Gasteiger partial charge is 0.330 e. The second-order valence-electron chi connectivity index (χ2n) is 6.12. The van der Waals surface area contributed by atoms with Crippen molar-refractivity contribution in [1.29, 1.82) is 0 Å². The number of sulfone groups is 1. The molecule has 1 atom stereocenters. The second-order valence-corrected chi connectivity index (χ2v) is 8.35. The number of ether oxygens (including phenoxy) is 3. The number of methoxy groups -OCH3 is 2. The highest BCUT2D eigenvalue weighted by Crippen LogP contribution is 2.28. The summed E-state index contributed by atoms with van der Waals surface area (Å²) in [7, 11) is 1.27. The Morgan fingerprint density at radius 2 is 2.00 bits per heavy atom. The fourth-order valence-corrected chi connectivity index (χ4v) is 4.44. The van der Waals surface area contributed by atoms with E-state index in [-0.39, 0.29) is 30.1 Å². The first kappa shape index (κ1) is 20.8. The van der Waals surface area contributed by atoms with E-state index >= 15 is 0 Å². The molecule has 148 valence electrons. The Balaban J connectivity index is 1.99. The number of carbonyl (C=O) groups excluding carboxylic acids is 2. The van der Waals surface area contributed by atoms with E-state index in [1.807, 2.05) is 0 Å². The highest BCUT2D eigenvalue weighted by atomic mass is 32.2. The largest absolute Gasteiger partial charge is 0.493 e. The highest BCUT2D eigenvalue weighted by Gasteiger charge is 2.32. The SMILES string of the molecule is COC(=O)C=Cc1ccc(OCC(=O)N(C)C2CCS(=O)(=O)C2)c(OC)c1. The second kappa shape index (κ2) is 8.90. The minimum Gasteiger partial charge on any atom is -0.493 e. The fraction of sp³-hybridized carbons (Fsp3) is 0.444. The van der Waals surface area contributed by atoms with Crippen molar-refractivity contribution < 1.29 is 32.2 Å². The van der Waals surface area contributed by atoms with Crippen LogP contribution in [0, 0.1) is 0 Å². The summed E-state index contributed by atoms with van der Waals surface area (Å²) in [6.45, 7) is -0.235. The summed E-state index contributed by atoms with van der Waals surface area (Å²) in [4.78, 5) is 24.9. The van der Waals surface area contributed by atoms with Gasteiger partial charge in [0.25, 0.3) is 5.91 Å². The van der Waals surface area contributed by atoms with E-state index in [0.717, 1.165) is 0 Å². The summed E-state index contributed by atoms with van der Waals surface area (Å²) in [6.07, 6.45) is 3.29. The Bertz CT molecular complexity index is 832. The average Bonchev–Trinajstić information content (AvgIpc) is 3.03.